The summed E-state index contributed by atoms with van der Waals surface area (Å²) in [7, 11) is 0. The van der Waals surface area contributed by atoms with Gasteiger partial charge in [-0.1, -0.05) is 81.1 Å². The van der Waals surface area contributed by atoms with Gasteiger partial charge in [0.2, 0.25) is 0 Å². The highest BCUT2D eigenvalue weighted by Crippen LogP contribution is 2.41. The van der Waals surface area contributed by atoms with Crippen LogP contribution in [-0.4, -0.2) is 28.7 Å². The fraction of sp³-hybridized carbons (Fsp3) is 1.00. The van der Waals surface area contributed by atoms with E-state index in [1.807, 2.05) is 0 Å². The monoisotopic (exact) mass is 354 g/mol. The van der Waals surface area contributed by atoms with Crippen LogP contribution in [0.5, 0.6) is 0 Å². The van der Waals surface area contributed by atoms with E-state index < -0.39 is 0 Å². The fourth-order valence-electron chi connectivity index (χ4n) is 6.10. The summed E-state index contributed by atoms with van der Waals surface area (Å²) in [5.74, 6) is 0. The molecule has 0 aliphatic carbocycles. The quantitative estimate of drug-likeness (QED) is 0.245. The molecule has 0 N–H and O–H groups in total. The van der Waals surface area contributed by atoms with Crippen molar-refractivity contribution in [2.24, 2.45) is 0 Å². The zero-order chi connectivity index (χ0) is 19.3. The second-order valence-electron chi connectivity index (χ2n) is 8.30. The summed E-state index contributed by atoms with van der Waals surface area (Å²) in [6.07, 6.45) is 16.4. The van der Waals surface area contributed by atoms with E-state index in [2.05, 4.69) is 55.4 Å². The third kappa shape index (κ3) is 5.98. The van der Waals surface area contributed by atoms with E-state index in [1.54, 1.807) is 0 Å². The topological polar surface area (TPSA) is 0 Å². The zero-order valence-corrected chi connectivity index (χ0v) is 19.2. The first-order chi connectivity index (χ1) is 12.1. The van der Waals surface area contributed by atoms with Crippen LogP contribution in [0.1, 0.15) is 132 Å². The molecule has 0 amide bonds. The fourth-order valence-corrected chi connectivity index (χ4v) is 6.10. The van der Waals surface area contributed by atoms with E-state index in [-0.39, 0.29) is 0 Å². The highest BCUT2D eigenvalue weighted by atomic mass is 15.4. The van der Waals surface area contributed by atoms with Gasteiger partial charge in [-0.15, -0.1) is 0 Å². The first-order valence-corrected chi connectivity index (χ1v) is 12.0. The van der Waals surface area contributed by atoms with Crippen LogP contribution in [-0.2, 0) is 0 Å². The lowest BCUT2D eigenvalue weighted by Gasteiger charge is -2.59. The van der Waals surface area contributed by atoms with Gasteiger partial charge in [-0.05, 0) is 51.4 Å². The van der Waals surface area contributed by atoms with Crippen molar-refractivity contribution in [3.63, 3.8) is 0 Å². The van der Waals surface area contributed by atoms with Crippen LogP contribution >= 0.6 is 0 Å². The van der Waals surface area contributed by atoms with Crippen LogP contribution in [0.25, 0.3) is 0 Å². The van der Waals surface area contributed by atoms with Crippen molar-refractivity contribution >= 4 is 0 Å². The smallest absolute Gasteiger partial charge is 0.0893 e. The van der Waals surface area contributed by atoms with Gasteiger partial charge < -0.3 is 4.48 Å². The Hall–Kier alpha value is -0.0400. The minimum Gasteiger partial charge on any atom is -0.314 e. The molecule has 0 rings (SSSR count). The summed E-state index contributed by atoms with van der Waals surface area (Å²) >= 11 is 0. The molecule has 0 saturated heterocycles. The Balaban J connectivity index is 6.41. The van der Waals surface area contributed by atoms with E-state index in [9.17, 15) is 0 Å². The molecule has 0 aromatic heterocycles. The van der Waals surface area contributed by atoms with Crippen molar-refractivity contribution in [1.82, 2.24) is 0 Å². The molecule has 152 valence electrons. The summed E-state index contributed by atoms with van der Waals surface area (Å²) in [5, 5.41) is 0. The number of hydrogen-bond donors (Lipinski definition) is 0. The van der Waals surface area contributed by atoms with Gasteiger partial charge in [-0.3, -0.25) is 0 Å². The van der Waals surface area contributed by atoms with Crippen LogP contribution in [0.2, 0.25) is 0 Å². The predicted molar refractivity (Wildman–Crippen MR) is 116 cm³/mol. The van der Waals surface area contributed by atoms with E-state index in [1.165, 1.54) is 81.5 Å². The van der Waals surface area contributed by atoms with Gasteiger partial charge in [-0.2, -0.15) is 0 Å². The Morgan fingerprint density at radius 2 is 0.600 bits per heavy atom. The maximum atomic E-state index is 2.48. The van der Waals surface area contributed by atoms with E-state index in [0.717, 1.165) is 24.2 Å². The second-order valence-corrected chi connectivity index (χ2v) is 8.30. The number of nitrogens with zero attached hydrogens (tertiary/aromatic N) is 1. The zero-order valence-electron chi connectivity index (χ0n) is 19.2. The first-order valence-electron chi connectivity index (χ1n) is 12.0. The normalized spacial score (nSPS) is 19.2. The van der Waals surface area contributed by atoms with E-state index >= 15 is 0 Å². The van der Waals surface area contributed by atoms with Crippen LogP contribution in [0.15, 0.2) is 0 Å². The molecular formula is C24H52N+. The van der Waals surface area contributed by atoms with Crippen LogP contribution in [0, 0.1) is 0 Å². The summed E-state index contributed by atoms with van der Waals surface area (Å²) in [6.45, 7) is 19.5. The van der Waals surface area contributed by atoms with Crippen molar-refractivity contribution in [2.75, 3.05) is 0 Å². The highest BCUT2D eigenvalue weighted by molar-refractivity contribution is 4.77. The lowest BCUT2D eigenvalue weighted by atomic mass is 9.84. The summed E-state index contributed by atoms with van der Waals surface area (Å²) < 4.78 is 1.46. The molecular weight excluding hydrogens is 302 g/mol. The molecule has 4 unspecified atom stereocenters. The van der Waals surface area contributed by atoms with E-state index in [0.29, 0.717) is 0 Å². The highest BCUT2D eigenvalue weighted by Gasteiger charge is 2.50. The summed E-state index contributed by atoms with van der Waals surface area (Å²) in [6, 6.07) is 3.42. The lowest BCUT2D eigenvalue weighted by Crippen LogP contribution is -2.70. The Labute approximate surface area is 161 Å². The van der Waals surface area contributed by atoms with Gasteiger partial charge in [-0.25, -0.2) is 0 Å². The molecule has 0 aromatic carbocycles. The minimum atomic E-state index is 0.856. The minimum absolute atomic E-state index is 0.856. The van der Waals surface area contributed by atoms with Crippen molar-refractivity contribution in [1.29, 1.82) is 0 Å². The maximum Gasteiger partial charge on any atom is 0.0893 e. The van der Waals surface area contributed by atoms with Crippen molar-refractivity contribution < 1.29 is 4.48 Å². The summed E-state index contributed by atoms with van der Waals surface area (Å²) in [4.78, 5) is 0. The Bertz CT molecular complexity index is 237. The van der Waals surface area contributed by atoms with Gasteiger partial charge in [0, 0.05) is 0 Å². The van der Waals surface area contributed by atoms with Crippen LogP contribution in [0.3, 0.4) is 0 Å². The van der Waals surface area contributed by atoms with Gasteiger partial charge >= 0.3 is 0 Å². The Kier molecular flexibility index (Phi) is 14.0. The Morgan fingerprint density at radius 1 is 0.400 bits per heavy atom. The average molecular weight is 355 g/mol. The standard InChI is InChI=1S/C24H52N/c1-9-17-21(13-5)25(22(14-6)18-10-2,23(15-7)19-11-3)24(16-8)20-12-4/h21-24H,9-20H2,1-8H3/q+1. The number of rotatable bonds is 16. The van der Waals surface area contributed by atoms with Gasteiger partial charge in [0.25, 0.3) is 0 Å². The summed E-state index contributed by atoms with van der Waals surface area (Å²) in [5.41, 5.74) is 0. The molecule has 0 spiro atoms. The predicted octanol–water partition coefficient (Wildman–Crippen LogP) is 8.12. The van der Waals surface area contributed by atoms with Crippen LogP contribution in [0.4, 0.5) is 0 Å². The van der Waals surface area contributed by atoms with Crippen molar-refractivity contribution in [3.8, 4) is 0 Å². The molecule has 0 aromatic rings. The molecule has 0 aliphatic heterocycles. The largest absolute Gasteiger partial charge is 0.314 e. The third-order valence-corrected chi connectivity index (χ3v) is 6.90. The SMILES string of the molecule is CCCC(CC)[N+](C(CC)CCC)(C(CC)CCC)C(CC)CCC. The van der Waals surface area contributed by atoms with Gasteiger partial charge in [0.15, 0.2) is 0 Å². The number of hydrogen-bond acceptors (Lipinski definition) is 0. The maximum absolute atomic E-state index is 2.48. The molecule has 1 heteroatoms. The molecule has 0 bridgehead atoms. The van der Waals surface area contributed by atoms with E-state index in [4.69, 9.17) is 0 Å². The van der Waals surface area contributed by atoms with Crippen molar-refractivity contribution in [3.05, 3.63) is 0 Å². The van der Waals surface area contributed by atoms with Crippen molar-refractivity contribution in [2.45, 2.75) is 157 Å². The number of quaternary nitrogens is 1. The molecule has 0 saturated carbocycles. The molecule has 25 heavy (non-hydrogen) atoms. The lowest BCUT2D eigenvalue weighted by molar-refractivity contribution is -1.02. The molecule has 0 fully saturated rings. The average Bonchev–Trinajstić information content (AvgIpc) is 2.63. The first kappa shape index (κ1) is 25.0. The van der Waals surface area contributed by atoms with Gasteiger partial charge in [0.1, 0.15) is 0 Å². The third-order valence-electron chi connectivity index (χ3n) is 6.90. The molecule has 4 atom stereocenters. The van der Waals surface area contributed by atoms with Crippen LogP contribution < -0.4 is 0 Å². The molecule has 0 radical (unpaired) electrons. The molecule has 1 nitrogen and oxygen atoms in total. The molecule has 0 aliphatic rings. The Morgan fingerprint density at radius 3 is 0.720 bits per heavy atom. The molecule has 0 heterocycles. The van der Waals surface area contributed by atoms with Gasteiger partial charge in [0.05, 0.1) is 24.2 Å². The second kappa shape index (κ2) is 14.1.